The molecular weight excluding hydrogens is 841 g/mol. The van der Waals surface area contributed by atoms with Crippen LogP contribution in [0.25, 0.3) is 0 Å². The van der Waals surface area contributed by atoms with Gasteiger partial charge in [0.05, 0.1) is 0 Å². The third kappa shape index (κ3) is 51.2. The molecule has 1 atom stereocenters. The van der Waals surface area contributed by atoms with Gasteiger partial charge in [-0.2, -0.15) is 0 Å². The highest BCUT2D eigenvalue weighted by Crippen LogP contribution is 2.09. The van der Waals surface area contributed by atoms with Crippen molar-refractivity contribution in [3.63, 3.8) is 0 Å². The Morgan fingerprint density at radius 2 is 0.632 bits per heavy atom. The number of unbranched alkanes of at least 4 members (excludes halogenated alkanes) is 3. The molecule has 0 saturated carbocycles. The van der Waals surface area contributed by atoms with Crippen LogP contribution >= 0.6 is 0 Å². The highest BCUT2D eigenvalue weighted by molar-refractivity contribution is 5.71. The van der Waals surface area contributed by atoms with Crippen LogP contribution in [0.5, 0.6) is 0 Å². The van der Waals surface area contributed by atoms with Crippen LogP contribution in [0, 0.1) is 0 Å². The van der Waals surface area contributed by atoms with Gasteiger partial charge in [0.15, 0.2) is 6.10 Å². The fourth-order valence-electron chi connectivity index (χ4n) is 5.77. The number of allylic oxidation sites excluding steroid dienone is 32. The van der Waals surface area contributed by atoms with Crippen molar-refractivity contribution in [3.05, 3.63) is 194 Å². The molecular formula is C62H88O6. The molecule has 6 heteroatoms. The molecule has 0 aliphatic heterocycles. The van der Waals surface area contributed by atoms with Crippen LogP contribution in [0.3, 0.4) is 0 Å². The summed E-state index contributed by atoms with van der Waals surface area (Å²) in [4.78, 5) is 37.9. The first-order chi connectivity index (χ1) is 33.5. The zero-order valence-corrected chi connectivity index (χ0v) is 42.3. The number of carbonyl (C=O) groups excluding carboxylic acids is 3. The summed E-state index contributed by atoms with van der Waals surface area (Å²) >= 11 is 0. The second-order valence-corrected chi connectivity index (χ2v) is 15.7. The van der Waals surface area contributed by atoms with Crippen LogP contribution in [-0.4, -0.2) is 37.2 Å². The second-order valence-electron chi connectivity index (χ2n) is 15.7. The second kappa shape index (κ2) is 53.9. The molecule has 6 nitrogen and oxygen atoms in total. The largest absolute Gasteiger partial charge is 0.462 e. The molecule has 372 valence electrons. The number of hydrogen-bond donors (Lipinski definition) is 0. The summed E-state index contributed by atoms with van der Waals surface area (Å²) in [6.07, 6.45) is 82.9. The molecule has 0 fully saturated rings. The summed E-state index contributed by atoms with van der Waals surface area (Å²) < 4.78 is 16.6. The molecule has 0 N–H and O–H groups in total. The van der Waals surface area contributed by atoms with E-state index in [1.165, 1.54) is 0 Å². The molecule has 0 aliphatic carbocycles. The van der Waals surface area contributed by atoms with E-state index >= 15 is 0 Å². The highest BCUT2D eigenvalue weighted by Gasteiger charge is 2.19. The minimum Gasteiger partial charge on any atom is -0.462 e. The van der Waals surface area contributed by atoms with Crippen LogP contribution < -0.4 is 0 Å². The van der Waals surface area contributed by atoms with Crippen molar-refractivity contribution in [1.29, 1.82) is 0 Å². The molecule has 0 rings (SSSR count). The average molecular weight is 929 g/mol. The Bertz CT molecular complexity index is 1730. The van der Waals surface area contributed by atoms with E-state index in [9.17, 15) is 14.4 Å². The van der Waals surface area contributed by atoms with Crippen molar-refractivity contribution in [2.45, 2.75) is 162 Å². The smallest absolute Gasteiger partial charge is 0.306 e. The molecule has 0 saturated heterocycles. The van der Waals surface area contributed by atoms with Crippen molar-refractivity contribution in [3.8, 4) is 0 Å². The first-order valence-electron chi connectivity index (χ1n) is 25.5. The van der Waals surface area contributed by atoms with E-state index in [4.69, 9.17) is 14.2 Å². The van der Waals surface area contributed by atoms with E-state index in [2.05, 4.69) is 142 Å². The topological polar surface area (TPSA) is 78.9 Å². The summed E-state index contributed by atoms with van der Waals surface area (Å²) in [7, 11) is 0. The van der Waals surface area contributed by atoms with Gasteiger partial charge in [0.2, 0.25) is 0 Å². The predicted octanol–water partition coefficient (Wildman–Crippen LogP) is 17.1. The average Bonchev–Trinajstić information content (AvgIpc) is 3.34. The standard InChI is InChI=1S/C62H88O6/c1-4-7-10-13-16-19-22-25-28-30-31-32-35-37-40-43-46-49-52-55-61(64)67-58-59(57-66-60(63)54-51-48-45-42-39-36-33-27-24-21-18-15-12-9-6-3)68-62(65)56-53-50-47-44-41-38-34-29-26-23-20-17-14-11-8-5-2/h7-12,15-21,24-29,31-33,36-41,46-47,49-50,59H,4-6,13-14,22-23,30,34-35,42-45,48,51-58H2,1-3H3/b10-7-,11-8-,12-9-,18-15-,19-16-,20-17-,24-21-,28-25-,29-26-,32-31-,33-27-,39-36-,40-37-,41-38-,49-46-,50-47-. The number of rotatable bonds is 42. The molecule has 68 heavy (non-hydrogen) atoms. The van der Waals surface area contributed by atoms with Crippen LogP contribution in [0.4, 0.5) is 0 Å². The molecule has 0 aliphatic rings. The van der Waals surface area contributed by atoms with Crippen molar-refractivity contribution < 1.29 is 28.6 Å². The lowest BCUT2D eigenvalue weighted by molar-refractivity contribution is -0.166. The lowest BCUT2D eigenvalue weighted by Crippen LogP contribution is -2.30. The quantitative estimate of drug-likeness (QED) is 0.0199. The summed E-state index contributed by atoms with van der Waals surface area (Å²) in [5, 5.41) is 0. The molecule has 0 aromatic heterocycles. The van der Waals surface area contributed by atoms with Gasteiger partial charge in [-0.05, 0) is 109 Å². The minimum absolute atomic E-state index is 0.165. The van der Waals surface area contributed by atoms with Gasteiger partial charge in [0.1, 0.15) is 13.2 Å². The lowest BCUT2D eigenvalue weighted by Gasteiger charge is -2.18. The van der Waals surface area contributed by atoms with Crippen molar-refractivity contribution in [2.24, 2.45) is 0 Å². The molecule has 1 unspecified atom stereocenters. The first-order valence-corrected chi connectivity index (χ1v) is 25.5. The van der Waals surface area contributed by atoms with E-state index in [0.717, 1.165) is 96.3 Å². The SMILES string of the molecule is CC\C=C/C=C\C=C/C=C\C=C/CCCCCC(=O)OCC(COC(=O)CC/C=C\C/C=C\C/C=C\C/C=C\C/C=C\C/C=C\CC)OC(=O)CC/C=C\C/C=C\C/C=C\C/C=C\C/C=C\CC. The molecule has 0 spiro atoms. The van der Waals surface area contributed by atoms with E-state index < -0.39 is 18.0 Å². The van der Waals surface area contributed by atoms with Gasteiger partial charge in [-0.25, -0.2) is 0 Å². The maximum atomic E-state index is 12.8. The number of ether oxygens (including phenoxy) is 3. The van der Waals surface area contributed by atoms with Crippen molar-refractivity contribution in [1.82, 2.24) is 0 Å². The van der Waals surface area contributed by atoms with Crippen LogP contribution in [-0.2, 0) is 28.6 Å². The first kappa shape index (κ1) is 62.2. The zero-order chi connectivity index (χ0) is 49.3. The van der Waals surface area contributed by atoms with Gasteiger partial charge in [0.25, 0.3) is 0 Å². The zero-order valence-electron chi connectivity index (χ0n) is 42.3. The summed E-state index contributed by atoms with van der Waals surface area (Å²) in [6, 6.07) is 0. The Morgan fingerprint density at radius 3 is 1.03 bits per heavy atom. The van der Waals surface area contributed by atoms with Crippen LogP contribution in [0.2, 0.25) is 0 Å². The molecule has 0 heterocycles. The molecule has 0 amide bonds. The number of esters is 3. The van der Waals surface area contributed by atoms with Gasteiger partial charge in [-0.3, -0.25) is 14.4 Å². The summed E-state index contributed by atoms with van der Waals surface area (Å²) in [6.45, 7) is 6.05. The van der Waals surface area contributed by atoms with E-state index in [0.29, 0.717) is 19.3 Å². The molecule has 0 aromatic rings. The van der Waals surface area contributed by atoms with Crippen molar-refractivity contribution in [2.75, 3.05) is 13.2 Å². The fourth-order valence-corrected chi connectivity index (χ4v) is 5.77. The Morgan fingerprint density at radius 1 is 0.309 bits per heavy atom. The van der Waals surface area contributed by atoms with Gasteiger partial charge in [-0.15, -0.1) is 0 Å². The Kier molecular flexibility index (Phi) is 49.3. The maximum Gasteiger partial charge on any atom is 0.306 e. The van der Waals surface area contributed by atoms with Gasteiger partial charge >= 0.3 is 17.9 Å². The minimum atomic E-state index is -0.878. The monoisotopic (exact) mass is 929 g/mol. The number of hydrogen-bond acceptors (Lipinski definition) is 6. The molecule has 0 radical (unpaired) electrons. The fraction of sp³-hybridized carbons (Fsp3) is 0.435. The van der Waals surface area contributed by atoms with Gasteiger partial charge < -0.3 is 14.2 Å². The molecule has 0 aromatic carbocycles. The van der Waals surface area contributed by atoms with Crippen molar-refractivity contribution >= 4 is 17.9 Å². The van der Waals surface area contributed by atoms with E-state index in [-0.39, 0.29) is 38.4 Å². The third-order valence-corrected chi connectivity index (χ3v) is 9.48. The Labute approximate surface area is 414 Å². The van der Waals surface area contributed by atoms with E-state index in [1.54, 1.807) is 0 Å². The van der Waals surface area contributed by atoms with Crippen LogP contribution in [0.15, 0.2) is 194 Å². The number of carbonyl (C=O) groups is 3. The lowest BCUT2D eigenvalue weighted by atomic mass is 10.1. The van der Waals surface area contributed by atoms with E-state index in [1.807, 2.05) is 72.9 Å². The third-order valence-electron chi connectivity index (χ3n) is 9.48. The molecule has 0 bridgehead atoms. The highest BCUT2D eigenvalue weighted by atomic mass is 16.6. The Hall–Kier alpha value is -5.75. The van der Waals surface area contributed by atoms with Gasteiger partial charge in [-0.1, -0.05) is 222 Å². The summed E-state index contributed by atoms with van der Waals surface area (Å²) in [5.41, 5.74) is 0. The predicted molar refractivity (Wildman–Crippen MR) is 292 cm³/mol. The van der Waals surface area contributed by atoms with Crippen LogP contribution in [0.1, 0.15) is 156 Å². The normalized spacial score (nSPS) is 13.8. The summed E-state index contributed by atoms with van der Waals surface area (Å²) in [5.74, 6) is -1.20. The Balaban J connectivity index is 4.74. The maximum absolute atomic E-state index is 12.8. The van der Waals surface area contributed by atoms with Gasteiger partial charge in [0, 0.05) is 19.3 Å².